The van der Waals surface area contributed by atoms with Gasteiger partial charge in [-0.3, -0.25) is 4.79 Å². The van der Waals surface area contributed by atoms with Crippen LogP contribution in [0.2, 0.25) is 0 Å². The predicted octanol–water partition coefficient (Wildman–Crippen LogP) is 2.35. The lowest BCUT2D eigenvalue weighted by molar-refractivity contribution is -0.117. The quantitative estimate of drug-likeness (QED) is 0.802. The zero-order valence-corrected chi connectivity index (χ0v) is 10.8. The minimum absolute atomic E-state index is 0.0314. The zero-order chi connectivity index (χ0) is 13.3. The second-order valence-corrected chi connectivity index (χ2v) is 4.94. The number of methoxy groups -OCH3 is 1. The summed E-state index contributed by atoms with van der Waals surface area (Å²) in [5.74, 6) is 0.323. The number of hydrogen-bond donors (Lipinski definition) is 0. The molecule has 1 amide bonds. The van der Waals surface area contributed by atoms with Gasteiger partial charge in [0.1, 0.15) is 5.75 Å². The molecule has 2 rings (SSSR count). The molecule has 0 spiro atoms. The SMILES string of the molecule is COc1ccccc1N1C(=O)CC(C#N)C1(C)C. The van der Waals surface area contributed by atoms with Gasteiger partial charge >= 0.3 is 0 Å². The maximum absolute atomic E-state index is 12.1. The van der Waals surface area contributed by atoms with E-state index in [4.69, 9.17) is 10.00 Å². The minimum Gasteiger partial charge on any atom is -0.495 e. The second kappa shape index (κ2) is 4.34. The highest BCUT2D eigenvalue weighted by atomic mass is 16.5. The van der Waals surface area contributed by atoms with Gasteiger partial charge in [0, 0.05) is 6.42 Å². The Morgan fingerprint density at radius 1 is 1.44 bits per heavy atom. The molecule has 0 radical (unpaired) electrons. The second-order valence-electron chi connectivity index (χ2n) is 4.94. The molecular formula is C14H16N2O2. The van der Waals surface area contributed by atoms with E-state index in [2.05, 4.69) is 6.07 Å². The third kappa shape index (κ3) is 1.72. The molecule has 18 heavy (non-hydrogen) atoms. The molecule has 0 N–H and O–H groups in total. The highest BCUT2D eigenvalue weighted by molar-refractivity contribution is 5.99. The van der Waals surface area contributed by atoms with Gasteiger partial charge in [-0.2, -0.15) is 5.26 Å². The van der Waals surface area contributed by atoms with Crippen LogP contribution < -0.4 is 9.64 Å². The van der Waals surface area contributed by atoms with E-state index < -0.39 is 5.54 Å². The van der Waals surface area contributed by atoms with Crippen LogP contribution in [0.4, 0.5) is 5.69 Å². The Labute approximate surface area is 107 Å². The number of benzene rings is 1. The maximum atomic E-state index is 12.1. The van der Waals surface area contributed by atoms with Gasteiger partial charge in [-0.15, -0.1) is 0 Å². The highest BCUT2D eigenvalue weighted by Crippen LogP contribution is 2.42. The molecule has 94 valence electrons. The van der Waals surface area contributed by atoms with Crippen molar-refractivity contribution in [2.45, 2.75) is 25.8 Å². The third-order valence-corrected chi connectivity index (χ3v) is 3.54. The molecule has 0 bridgehead atoms. The Hall–Kier alpha value is -2.02. The van der Waals surface area contributed by atoms with E-state index in [1.807, 2.05) is 38.1 Å². The molecular weight excluding hydrogens is 228 g/mol. The molecule has 1 aromatic rings. The Morgan fingerprint density at radius 2 is 2.11 bits per heavy atom. The van der Waals surface area contributed by atoms with E-state index >= 15 is 0 Å². The van der Waals surface area contributed by atoms with E-state index in [0.29, 0.717) is 5.75 Å². The highest BCUT2D eigenvalue weighted by Gasteiger charge is 2.47. The minimum atomic E-state index is -0.513. The number of carbonyl (C=O) groups excluding carboxylic acids is 1. The van der Waals surface area contributed by atoms with Crippen LogP contribution in [0.15, 0.2) is 24.3 Å². The Bertz CT molecular complexity index is 517. The number of nitriles is 1. The number of anilines is 1. The molecule has 1 saturated heterocycles. The van der Waals surface area contributed by atoms with Gasteiger partial charge in [0.05, 0.1) is 30.3 Å². The lowest BCUT2D eigenvalue weighted by Crippen LogP contribution is -2.44. The first-order valence-electron chi connectivity index (χ1n) is 5.88. The summed E-state index contributed by atoms with van der Waals surface area (Å²) in [4.78, 5) is 13.8. The van der Waals surface area contributed by atoms with Crippen molar-refractivity contribution in [3.63, 3.8) is 0 Å². The fourth-order valence-corrected chi connectivity index (χ4v) is 2.46. The number of amides is 1. The molecule has 4 heteroatoms. The van der Waals surface area contributed by atoms with E-state index in [1.165, 1.54) is 0 Å². The first-order chi connectivity index (χ1) is 8.52. The van der Waals surface area contributed by atoms with Gasteiger partial charge in [-0.05, 0) is 26.0 Å². The molecule has 1 aromatic carbocycles. The van der Waals surface area contributed by atoms with Crippen molar-refractivity contribution >= 4 is 11.6 Å². The molecule has 0 aliphatic carbocycles. The summed E-state index contributed by atoms with van der Waals surface area (Å²) in [6, 6.07) is 9.60. The van der Waals surface area contributed by atoms with Crippen LogP contribution in [-0.4, -0.2) is 18.6 Å². The van der Waals surface area contributed by atoms with Gasteiger partial charge in [0.25, 0.3) is 0 Å². The number of hydrogen-bond acceptors (Lipinski definition) is 3. The first-order valence-corrected chi connectivity index (χ1v) is 5.88. The molecule has 1 aliphatic heterocycles. The summed E-state index contributed by atoms with van der Waals surface area (Å²) in [5.41, 5.74) is 0.216. The van der Waals surface area contributed by atoms with Gasteiger partial charge in [0.15, 0.2) is 0 Å². The van der Waals surface area contributed by atoms with Crippen LogP contribution in [-0.2, 0) is 4.79 Å². The average Bonchev–Trinajstić information content (AvgIpc) is 2.58. The summed E-state index contributed by atoms with van der Waals surface area (Å²) >= 11 is 0. The van der Waals surface area contributed by atoms with Crippen LogP contribution >= 0.6 is 0 Å². The summed E-state index contributed by atoms with van der Waals surface area (Å²) in [5, 5.41) is 9.15. The number of rotatable bonds is 2. The molecule has 4 nitrogen and oxygen atoms in total. The normalized spacial score (nSPS) is 21.8. The van der Waals surface area contributed by atoms with Crippen molar-refractivity contribution in [1.29, 1.82) is 5.26 Å². The Morgan fingerprint density at radius 3 is 2.67 bits per heavy atom. The first kappa shape index (κ1) is 12.4. The van der Waals surface area contributed by atoms with Crippen LogP contribution in [0.5, 0.6) is 5.75 Å². The molecule has 0 saturated carbocycles. The number of ether oxygens (including phenoxy) is 1. The van der Waals surface area contributed by atoms with E-state index in [1.54, 1.807) is 12.0 Å². The molecule has 0 aromatic heterocycles. The van der Waals surface area contributed by atoms with Crippen LogP contribution in [0.3, 0.4) is 0 Å². The molecule has 1 aliphatic rings. The monoisotopic (exact) mass is 244 g/mol. The fourth-order valence-electron chi connectivity index (χ4n) is 2.46. The summed E-state index contributed by atoms with van der Waals surface area (Å²) in [6.07, 6.45) is 0.265. The lowest BCUT2D eigenvalue weighted by atomic mass is 9.89. The van der Waals surface area contributed by atoms with Gasteiger partial charge in [0.2, 0.25) is 5.91 Å². The van der Waals surface area contributed by atoms with Crippen LogP contribution in [0.1, 0.15) is 20.3 Å². The number of nitrogens with zero attached hydrogens (tertiary/aromatic N) is 2. The van der Waals surface area contributed by atoms with Gasteiger partial charge < -0.3 is 9.64 Å². The molecule has 1 unspecified atom stereocenters. The van der Waals surface area contributed by atoms with Crippen LogP contribution in [0, 0.1) is 17.2 Å². The van der Waals surface area contributed by atoms with Crippen molar-refractivity contribution in [3.05, 3.63) is 24.3 Å². The van der Waals surface area contributed by atoms with E-state index in [0.717, 1.165) is 5.69 Å². The summed E-state index contributed by atoms with van der Waals surface area (Å²) in [6.45, 7) is 3.83. The summed E-state index contributed by atoms with van der Waals surface area (Å²) < 4.78 is 5.29. The van der Waals surface area contributed by atoms with E-state index in [9.17, 15) is 4.79 Å². The predicted molar refractivity (Wildman–Crippen MR) is 68.3 cm³/mol. The average molecular weight is 244 g/mol. The summed E-state index contributed by atoms with van der Waals surface area (Å²) in [7, 11) is 1.58. The van der Waals surface area contributed by atoms with Crippen LogP contribution in [0.25, 0.3) is 0 Å². The van der Waals surface area contributed by atoms with Crippen molar-refractivity contribution in [2.24, 2.45) is 5.92 Å². The van der Waals surface area contributed by atoms with Crippen molar-refractivity contribution < 1.29 is 9.53 Å². The maximum Gasteiger partial charge on any atom is 0.229 e. The largest absolute Gasteiger partial charge is 0.495 e. The molecule has 1 heterocycles. The number of carbonyl (C=O) groups is 1. The van der Waals surface area contributed by atoms with Crippen molar-refractivity contribution in [2.75, 3.05) is 12.0 Å². The number of para-hydroxylation sites is 2. The lowest BCUT2D eigenvalue weighted by Gasteiger charge is -2.34. The third-order valence-electron chi connectivity index (χ3n) is 3.54. The smallest absolute Gasteiger partial charge is 0.229 e. The zero-order valence-electron chi connectivity index (χ0n) is 10.8. The van der Waals surface area contributed by atoms with E-state index in [-0.39, 0.29) is 18.2 Å². The molecule has 1 fully saturated rings. The van der Waals surface area contributed by atoms with Gasteiger partial charge in [-0.25, -0.2) is 0 Å². The Balaban J connectivity index is 2.50. The fraction of sp³-hybridized carbons (Fsp3) is 0.429. The van der Waals surface area contributed by atoms with Crippen molar-refractivity contribution in [1.82, 2.24) is 0 Å². The van der Waals surface area contributed by atoms with Crippen molar-refractivity contribution in [3.8, 4) is 11.8 Å². The standard InChI is InChI=1S/C14H16N2O2/c1-14(2)10(9-15)8-13(17)16(14)11-6-4-5-7-12(11)18-3/h4-7,10H,8H2,1-3H3. The Kier molecular flexibility index (Phi) is 3.00. The van der Waals surface area contributed by atoms with Gasteiger partial charge in [-0.1, -0.05) is 12.1 Å². The topological polar surface area (TPSA) is 53.3 Å². The molecule has 1 atom stereocenters.